The first kappa shape index (κ1) is 28.2. The lowest BCUT2D eigenvalue weighted by atomic mass is 9.92. The molecule has 1 fully saturated rings. The van der Waals surface area contributed by atoms with E-state index in [0.29, 0.717) is 28.9 Å². The Balaban J connectivity index is 1.20. The van der Waals surface area contributed by atoms with Gasteiger partial charge in [-0.05, 0) is 90.3 Å². The Hall–Kier alpha value is -2.93. The van der Waals surface area contributed by atoms with Crippen molar-refractivity contribution < 1.29 is 19.4 Å². The van der Waals surface area contributed by atoms with Crippen LogP contribution in [0.5, 0.6) is 11.5 Å². The molecule has 1 N–H and O–H groups in total. The molecule has 0 bridgehead atoms. The summed E-state index contributed by atoms with van der Waals surface area (Å²) >= 11 is 12.3. The number of aliphatic carboxylic acids is 1. The topological polar surface area (TPSA) is 62.2 Å². The van der Waals surface area contributed by atoms with E-state index in [4.69, 9.17) is 32.7 Å². The molecule has 0 amide bonds. The highest BCUT2D eigenvalue weighted by atomic mass is 35.5. The van der Waals surface area contributed by atoms with Crippen LogP contribution in [0.25, 0.3) is 0 Å². The Kier molecular flexibility index (Phi) is 8.08. The van der Waals surface area contributed by atoms with Gasteiger partial charge in [-0.3, -0.25) is 9.69 Å². The van der Waals surface area contributed by atoms with E-state index in [2.05, 4.69) is 48.0 Å². The van der Waals surface area contributed by atoms with E-state index in [1.54, 1.807) is 6.07 Å². The van der Waals surface area contributed by atoms with Gasteiger partial charge in [0.1, 0.15) is 29.7 Å². The Labute approximate surface area is 251 Å². The summed E-state index contributed by atoms with van der Waals surface area (Å²) in [6, 6.07) is 17.6. The van der Waals surface area contributed by atoms with Crippen LogP contribution in [0.4, 0.5) is 5.69 Å². The molecule has 216 valence electrons. The molecule has 41 heavy (non-hydrogen) atoms. The van der Waals surface area contributed by atoms with E-state index in [-0.39, 0.29) is 12.2 Å². The first-order valence-electron chi connectivity index (χ1n) is 14.5. The normalized spacial score (nSPS) is 21.3. The molecule has 6 nitrogen and oxygen atoms in total. The van der Waals surface area contributed by atoms with Crippen LogP contribution in [0, 0.1) is 5.92 Å². The average molecular weight is 596 g/mol. The van der Waals surface area contributed by atoms with Crippen molar-refractivity contribution in [3.05, 3.63) is 86.9 Å². The molecule has 3 atom stereocenters. The van der Waals surface area contributed by atoms with Crippen molar-refractivity contribution in [1.82, 2.24) is 4.90 Å². The van der Waals surface area contributed by atoms with Crippen LogP contribution in [-0.4, -0.2) is 42.2 Å². The van der Waals surface area contributed by atoms with Crippen molar-refractivity contribution in [3.63, 3.8) is 0 Å². The fraction of sp³-hybridized carbons (Fsp3) is 0.424. The largest absolute Gasteiger partial charge is 0.486 e. The van der Waals surface area contributed by atoms with E-state index in [0.717, 1.165) is 59.8 Å². The molecule has 3 aliphatic rings. The quantitative estimate of drug-likeness (QED) is 0.288. The van der Waals surface area contributed by atoms with Gasteiger partial charge in [0, 0.05) is 33.1 Å². The molecular formula is C33H36Cl2N2O4. The minimum atomic E-state index is -0.731. The van der Waals surface area contributed by atoms with Gasteiger partial charge in [0.05, 0.1) is 15.7 Å². The molecular weight excluding hydrogens is 559 g/mol. The molecule has 3 aromatic carbocycles. The predicted molar refractivity (Wildman–Crippen MR) is 163 cm³/mol. The molecule has 0 aromatic heterocycles. The summed E-state index contributed by atoms with van der Waals surface area (Å²) in [5, 5.41) is 11.0. The van der Waals surface area contributed by atoms with Crippen LogP contribution in [0.2, 0.25) is 10.0 Å². The van der Waals surface area contributed by atoms with Crippen molar-refractivity contribution in [2.24, 2.45) is 5.92 Å². The zero-order chi connectivity index (χ0) is 28.7. The van der Waals surface area contributed by atoms with Crippen LogP contribution in [-0.2, 0) is 17.8 Å². The van der Waals surface area contributed by atoms with E-state index in [9.17, 15) is 9.90 Å². The number of hydrogen-bond acceptors (Lipinski definition) is 5. The van der Waals surface area contributed by atoms with Crippen LogP contribution in [0.1, 0.15) is 67.1 Å². The number of ether oxygens (including phenoxy) is 2. The summed E-state index contributed by atoms with van der Waals surface area (Å²) in [6.45, 7) is 4.42. The fourth-order valence-electron chi connectivity index (χ4n) is 6.02. The van der Waals surface area contributed by atoms with Crippen molar-refractivity contribution in [1.29, 1.82) is 0 Å². The van der Waals surface area contributed by atoms with Gasteiger partial charge in [-0.1, -0.05) is 48.3 Å². The van der Waals surface area contributed by atoms with E-state index >= 15 is 0 Å². The molecule has 0 radical (unpaired) electrons. The number of nitrogens with zero attached hydrogens (tertiary/aromatic N) is 2. The van der Waals surface area contributed by atoms with Crippen LogP contribution in [0.15, 0.2) is 54.6 Å². The number of rotatable bonds is 8. The molecule has 0 unspecified atom stereocenters. The molecule has 8 heteroatoms. The van der Waals surface area contributed by atoms with Gasteiger partial charge in [0.2, 0.25) is 0 Å². The second-order valence-corrected chi connectivity index (χ2v) is 12.4. The van der Waals surface area contributed by atoms with Gasteiger partial charge in [-0.25, -0.2) is 0 Å². The van der Waals surface area contributed by atoms with Crippen molar-refractivity contribution in [2.45, 2.75) is 63.8 Å². The number of halogens is 2. The number of carboxylic acids is 1. The highest BCUT2D eigenvalue weighted by molar-refractivity contribution is 6.42. The van der Waals surface area contributed by atoms with Gasteiger partial charge in [-0.15, -0.1) is 0 Å². The summed E-state index contributed by atoms with van der Waals surface area (Å²) in [5.41, 5.74) is 5.41. The lowest BCUT2D eigenvalue weighted by Gasteiger charge is -2.35. The second kappa shape index (κ2) is 11.7. The molecule has 1 saturated carbocycles. The number of hydrogen-bond donors (Lipinski definition) is 1. The Morgan fingerprint density at radius 3 is 2.51 bits per heavy atom. The third kappa shape index (κ3) is 6.15. The van der Waals surface area contributed by atoms with Gasteiger partial charge in [0.25, 0.3) is 0 Å². The summed E-state index contributed by atoms with van der Waals surface area (Å²) in [7, 11) is 2.08. The smallest absolute Gasteiger partial charge is 0.321 e. The van der Waals surface area contributed by atoms with Gasteiger partial charge in [-0.2, -0.15) is 0 Å². The number of carbonyl (C=O) groups is 1. The molecule has 2 aliphatic heterocycles. The Morgan fingerprint density at radius 1 is 1.05 bits per heavy atom. The highest BCUT2D eigenvalue weighted by Gasteiger charge is 2.36. The Morgan fingerprint density at radius 2 is 1.83 bits per heavy atom. The summed E-state index contributed by atoms with van der Waals surface area (Å²) in [6.07, 6.45) is 4.34. The molecule has 0 saturated heterocycles. The minimum absolute atomic E-state index is 0.0965. The van der Waals surface area contributed by atoms with E-state index in [1.165, 1.54) is 18.4 Å². The molecule has 0 spiro atoms. The maximum Gasteiger partial charge on any atom is 0.321 e. The van der Waals surface area contributed by atoms with Crippen molar-refractivity contribution >= 4 is 34.9 Å². The third-order valence-corrected chi connectivity index (χ3v) is 9.35. The van der Waals surface area contributed by atoms with Crippen LogP contribution in [0.3, 0.4) is 0 Å². The number of benzene rings is 3. The first-order chi connectivity index (χ1) is 19.8. The maximum atomic E-state index is 12.1. The molecule has 6 rings (SSSR count). The highest BCUT2D eigenvalue weighted by Crippen LogP contribution is 2.42. The zero-order valence-electron chi connectivity index (χ0n) is 23.5. The molecule has 1 aliphatic carbocycles. The predicted octanol–water partition coefficient (Wildman–Crippen LogP) is 7.70. The zero-order valence-corrected chi connectivity index (χ0v) is 25.0. The summed E-state index contributed by atoms with van der Waals surface area (Å²) in [5.74, 6) is 1.55. The lowest BCUT2D eigenvalue weighted by molar-refractivity contribution is -0.144. The van der Waals surface area contributed by atoms with E-state index in [1.807, 2.05) is 24.3 Å². The van der Waals surface area contributed by atoms with Crippen LogP contribution < -0.4 is 14.4 Å². The standard InChI is InChI=1S/C33H36Cl2N2O4/c1-3-30(22-8-11-26(34)27(35)14-22)40-25-9-6-21(7-10-25)31-12-13-36(2)28-15-23-16-29(33(38)39)37(18-20-4-5-20)19-24(23)17-32(28)41-31/h6-11,14-15,17,20,29-31H,3-5,12-13,16,18-19H2,1-2H3,(H,38,39)/t29-,30+,31+/m0/s1. The van der Waals surface area contributed by atoms with Crippen molar-refractivity contribution in [2.75, 3.05) is 25.0 Å². The van der Waals surface area contributed by atoms with Crippen molar-refractivity contribution in [3.8, 4) is 11.5 Å². The molecule has 2 heterocycles. The number of carboxylic acid groups (broad SMARTS) is 1. The summed E-state index contributed by atoms with van der Waals surface area (Å²) < 4.78 is 13.0. The number of fused-ring (bicyclic) bond motifs is 2. The van der Waals surface area contributed by atoms with Crippen LogP contribution >= 0.6 is 23.2 Å². The van der Waals surface area contributed by atoms with Gasteiger partial charge >= 0.3 is 5.97 Å². The van der Waals surface area contributed by atoms with Gasteiger partial charge < -0.3 is 19.5 Å². The first-order valence-corrected chi connectivity index (χ1v) is 15.3. The number of anilines is 1. The third-order valence-electron chi connectivity index (χ3n) is 8.61. The second-order valence-electron chi connectivity index (χ2n) is 11.6. The fourth-order valence-corrected chi connectivity index (χ4v) is 6.33. The summed E-state index contributed by atoms with van der Waals surface area (Å²) in [4.78, 5) is 16.5. The monoisotopic (exact) mass is 594 g/mol. The minimum Gasteiger partial charge on any atom is -0.486 e. The SMILES string of the molecule is CC[C@@H](Oc1ccc([C@H]2CCN(C)c3cc4c(cc3O2)CN(CC2CC2)[C@H](C(=O)O)C4)cc1)c1ccc(Cl)c(Cl)c1. The maximum absolute atomic E-state index is 12.1. The average Bonchev–Trinajstić information content (AvgIpc) is 3.80. The van der Waals surface area contributed by atoms with Gasteiger partial charge in [0.15, 0.2) is 0 Å². The Bertz CT molecular complexity index is 1430. The lowest BCUT2D eigenvalue weighted by Crippen LogP contribution is -2.46. The molecule has 3 aromatic rings. The van der Waals surface area contributed by atoms with E-state index < -0.39 is 12.0 Å².